The van der Waals surface area contributed by atoms with Gasteiger partial charge in [-0.2, -0.15) is 0 Å². The van der Waals surface area contributed by atoms with Crippen LogP contribution in [0.4, 0.5) is 0 Å². The first-order valence-electron chi connectivity index (χ1n) is 14.1. The molecule has 6 atom stereocenters. The normalized spacial score (nSPS) is 29.8. The predicted molar refractivity (Wildman–Crippen MR) is 147 cm³/mol. The minimum Gasteiger partial charge on any atom is -0.465 e. The van der Waals surface area contributed by atoms with Crippen LogP contribution in [0.3, 0.4) is 0 Å². The molecule has 3 aliphatic heterocycles. The molecule has 1 aromatic carbocycles. The maximum absolute atomic E-state index is 14.5. The van der Waals surface area contributed by atoms with Gasteiger partial charge in [0.1, 0.15) is 17.6 Å². The van der Waals surface area contributed by atoms with E-state index in [2.05, 4.69) is 13.2 Å². The van der Waals surface area contributed by atoms with Crippen molar-refractivity contribution in [1.82, 2.24) is 9.80 Å². The Bertz CT molecular complexity index is 1090. The minimum atomic E-state index is -1.18. The van der Waals surface area contributed by atoms with Gasteiger partial charge in [-0.1, -0.05) is 63.3 Å². The highest BCUT2D eigenvalue weighted by atomic mass is 16.6. The largest absolute Gasteiger partial charge is 0.465 e. The van der Waals surface area contributed by atoms with E-state index >= 15 is 0 Å². The molecule has 3 heterocycles. The van der Waals surface area contributed by atoms with Crippen molar-refractivity contribution in [2.24, 2.45) is 17.8 Å². The number of amides is 2. The van der Waals surface area contributed by atoms with E-state index < -0.39 is 41.1 Å². The van der Waals surface area contributed by atoms with Gasteiger partial charge in [-0.3, -0.25) is 14.4 Å². The minimum absolute atomic E-state index is 0.123. The molecular weight excluding hydrogens is 496 g/mol. The average molecular weight is 539 g/mol. The van der Waals surface area contributed by atoms with Gasteiger partial charge in [-0.15, -0.1) is 13.2 Å². The van der Waals surface area contributed by atoms with Crippen LogP contribution in [-0.4, -0.2) is 75.7 Å². The Labute approximate surface area is 231 Å². The highest BCUT2D eigenvalue weighted by Gasteiger charge is 2.79. The molecule has 1 aromatic rings. The Morgan fingerprint density at radius 3 is 2.54 bits per heavy atom. The lowest BCUT2D eigenvalue weighted by Crippen LogP contribution is -2.59. The van der Waals surface area contributed by atoms with Crippen molar-refractivity contribution in [1.29, 1.82) is 0 Å². The number of likely N-dealkylation sites (tertiary alicyclic amines) is 1. The molecule has 1 spiro atoms. The van der Waals surface area contributed by atoms with Gasteiger partial charge in [0.05, 0.1) is 30.8 Å². The van der Waals surface area contributed by atoms with Crippen LogP contribution < -0.4 is 0 Å². The summed E-state index contributed by atoms with van der Waals surface area (Å²) in [5.41, 5.74) is -1.10. The van der Waals surface area contributed by atoms with Crippen molar-refractivity contribution in [3.63, 3.8) is 0 Å². The van der Waals surface area contributed by atoms with Gasteiger partial charge in [0.2, 0.25) is 11.8 Å². The lowest BCUT2D eigenvalue weighted by molar-refractivity contribution is -0.164. The van der Waals surface area contributed by atoms with Gasteiger partial charge >= 0.3 is 5.97 Å². The number of carbonyl (C=O) groups excluding carboxylic acids is 3. The van der Waals surface area contributed by atoms with Crippen LogP contribution in [0.15, 0.2) is 55.6 Å². The van der Waals surface area contributed by atoms with E-state index in [1.54, 1.807) is 17.1 Å². The quantitative estimate of drug-likeness (QED) is 0.235. The third-order valence-electron chi connectivity index (χ3n) is 8.86. The standard InChI is InChI=1S/C31H42N2O6/c1-6-9-18-38-29(37)25-24-27(35)33(23(20-34)21(4)5)26(31(24)16-15-30(25,8-3)39-31)28(36)32(17-7-2)19-22-13-11-10-12-14-22/h6-7,10-14,21,23-26,34H,1-2,8-9,15-20H2,3-5H3/t23-,24-,25+,26?,30-,31?/m0/s1. The summed E-state index contributed by atoms with van der Waals surface area (Å²) in [7, 11) is 0. The molecule has 3 aliphatic rings. The Hall–Kier alpha value is -2.97. The Morgan fingerprint density at radius 2 is 1.95 bits per heavy atom. The summed E-state index contributed by atoms with van der Waals surface area (Å²) < 4.78 is 12.4. The van der Waals surface area contributed by atoms with Gasteiger partial charge in [0.25, 0.3) is 0 Å². The van der Waals surface area contributed by atoms with Gasteiger partial charge in [0.15, 0.2) is 0 Å². The first kappa shape index (κ1) is 29.0. The number of fused-ring (bicyclic) bond motifs is 1. The number of esters is 1. The molecule has 3 saturated heterocycles. The van der Waals surface area contributed by atoms with Crippen molar-refractivity contribution in [3.05, 3.63) is 61.2 Å². The molecular formula is C31H42N2O6. The van der Waals surface area contributed by atoms with E-state index in [0.29, 0.717) is 32.2 Å². The molecule has 4 rings (SSSR count). The van der Waals surface area contributed by atoms with Crippen LogP contribution in [0.5, 0.6) is 0 Å². The monoisotopic (exact) mass is 538 g/mol. The van der Waals surface area contributed by atoms with E-state index in [4.69, 9.17) is 9.47 Å². The molecule has 3 fully saturated rings. The summed E-state index contributed by atoms with van der Waals surface area (Å²) in [5, 5.41) is 10.4. The number of nitrogens with zero attached hydrogens (tertiary/aromatic N) is 2. The van der Waals surface area contributed by atoms with Gasteiger partial charge in [-0.05, 0) is 37.2 Å². The molecule has 1 N–H and O–H groups in total. The van der Waals surface area contributed by atoms with E-state index in [-0.39, 0.29) is 37.5 Å². The maximum atomic E-state index is 14.5. The molecule has 8 heteroatoms. The number of hydrogen-bond acceptors (Lipinski definition) is 6. The van der Waals surface area contributed by atoms with Crippen LogP contribution in [0.25, 0.3) is 0 Å². The lowest BCUT2D eigenvalue weighted by Gasteiger charge is -2.40. The Balaban J connectivity index is 1.80. The summed E-state index contributed by atoms with van der Waals surface area (Å²) in [4.78, 5) is 45.6. The summed E-state index contributed by atoms with van der Waals surface area (Å²) >= 11 is 0. The van der Waals surface area contributed by atoms with E-state index in [1.165, 1.54) is 4.90 Å². The summed E-state index contributed by atoms with van der Waals surface area (Å²) in [6, 6.07) is 8.08. The van der Waals surface area contributed by atoms with Crippen molar-refractivity contribution in [2.75, 3.05) is 19.8 Å². The third kappa shape index (κ3) is 4.82. The number of rotatable bonds is 13. The molecule has 39 heavy (non-hydrogen) atoms. The number of ether oxygens (including phenoxy) is 2. The van der Waals surface area contributed by atoms with Gasteiger partial charge in [0, 0.05) is 13.1 Å². The van der Waals surface area contributed by atoms with Gasteiger partial charge < -0.3 is 24.4 Å². The van der Waals surface area contributed by atoms with Crippen LogP contribution in [0.1, 0.15) is 52.0 Å². The number of carbonyl (C=O) groups is 3. The lowest BCUT2D eigenvalue weighted by atomic mass is 9.65. The fourth-order valence-electron chi connectivity index (χ4n) is 6.97. The fourth-order valence-corrected chi connectivity index (χ4v) is 6.97. The fraction of sp³-hybridized carbons (Fsp3) is 0.581. The second-order valence-corrected chi connectivity index (χ2v) is 11.3. The Morgan fingerprint density at radius 1 is 1.23 bits per heavy atom. The van der Waals surface area contributed by atoms with Crippen molar-refractivity contribution >= 4 is 17.8 Å². The molecule has 2 bridgehead atoms. The van der Waals surface area contributed by atoms with Crippen LogP contribution in [0, 0.1) is 17.8 Å². The number of benzene rings is 1. The smallest absolute Gasteiger partial charge is 0.312 e. The second kappa shape index (κ2) is 11.6. The topological polar surface area (TPSA) is 96.4 Å². The number of hydrogen-bond donors (Lipinski definition) is 1. The second-order valence-electron chi connectivity index (χ2n) is 11.3. The van der Waals surface area contributed by atoms with Crippen molar-refractivity contribution in [2.45, 2.75) is 76.3 Å². The van der Waals surface area contributed by atoms with E-state index in [0.717, 1.165) is 5.56 Å². The zero-order valence-corrected chi connectivity index (χ0v) is 23.4. The molecule has 0 saturated carbocycles. The molecule has 0 aliphatic carbocycles. The molecule has 2 unspecified atom stereocenters. The summed E-state index contributed by atoms with van der Waals surface area (Å²) in [5.74, 6) is -2.85. The molecule has 0 aromatic heterocycles. The van der Waals surface area contributed by atoms with Gasteiger partial charge in [-0.25, -0.2) is 0 Å². The van der Waals surface area contributed by atoms with Crippen LogP contribution in [0.2, 0.25) is 0 Å². The molecule has 0 radical (unpaired) electrons. The zero-order valence-electron chi connectivity index (χ0n) is 23.4. The molecule has 8 nitrogen and oxygen atoms in total. The van der Waals surface area contributed by atoms with E-state index in [9.17, 15) is 19.5 Å². The zero-order chi connectivity index (χ0) is 28.4. The first-order chi connectivity index (χ1) is 18.7. The maximum Gasteiger partial charge on any atom is 0.312 e. The third-order valence-corrected chi connectivity index (χ3v) is 8.86. The SMILES string of the molecule is C=CCCOC(=O)[C@H]1[C@H]2C(=O)N([C@@H](CO)C(C)C)C(C(=O)N(CC=C)Cc3ccccc3)C23CC[C@]1(CC)O3. The average Bonchev–Trinajstić information content (AvgIpc) is 3.53. The van der Waals surface area contributed by atoms with Crippen LogP contribution in [-0.2, 0) is 30.4 Å². The first-order valence-corrected chi connectivity index (χ1v) is 14.1. The predicted octanol–water partition coefficient (Wildman–Crippen LogP) is 3.49. The number of aliphatic hydroxyl groups is 1. The highest BCUT2D eigenvalue weighted by molar-refractivity contribution is 5.98. The van der Waals surface area contributed by atoms with Crippen molar-refractivity contribution in [3.8, 4) is 0 Å². The highest BCUT2D eigenvalue weighted by Crippen LogP contribution is 2.65. The summed E-state index contributed by atoms with van der Waals surface area (Å²) in [6.45, 7) is 13.8. The number of aliphatic hydroxyl groups excluding tert-OH is 1. The molecule has 212 valence electrons. The van der Waals surface area contributed by atoms with Crippen molar-refractivity contribution < 1.29 is 29.0 Å². The summed E-state index contributed by atoms with van der Waals surface area (Å²) in [6.07, 6.45) is 5.40. The molecule has 2 amide bonds. The van der Waals surface area contributed by atoms with E-state index in [1.807, 2.05) is 51.1 Å². The van der Waals surface area contributed by atoms with Crippen LogP contribution >= 0.6 is 0 Å². The Kier molecular flexibility index (Phi) is 8.66.